The van der Waals surface area contributed by atoms with Crippen LogP contribution in [0.4, 0.5) is 5.13 Å². The van der Waals surface area contributed by atoms with E-state index in [4.69, 9.17) is 4.98 Å². The summed E-state index contributed by atoms with van der Waals surface area (Å²) in [6.07, 6.45) is 1.67. The molecule has 3 aromatic heterocycles. The van der Waals surface area contributed by atoms with Crippen molar-refractivity contribution < 1.29 is 4.79 Å². The Hall–Kier alpha value is -3.26. The van der Waals surface area contributed by atoms with E-state index in [1.54, 1.807) is 28.5 Å². The zero-order valence-electron chi connectivity index (χ0n) is 17.5. The topological polar surface area (TPSA) is 71.3 Å². The third-order valence-electron chi connectivity index (χ3n) is 5.75. The Balaban J connectivity index is 1.39. The fourth-order valence-corrected chi connectivity index (χ4v) is 5.04. The number of rotatable bonds is 3. The first-order chi connectivity index (χ1) is 15.0. The van der Waals surface area contributed by atoms with E-state index in [2.05, 4.69) is 16.0 Å². The average molecular weight is 434 g/mol. The monoisotopic (exact) mass is 433 g/mol. The standard InChI is InChI=1S/C23H23N5O2S/c1-3-26-14-17(20(29)16-9-8-15(2)24-21(16)26)22(30)27-10-12-28(13-11-27)23-25-18-6-4-5-7-19(18)31-23/h4-9,14H,3,10-13H2,1-2H3. The number of thiazole rings is 1. The molecule has 1 aliphatic rings. The molecular weight excluding hydrogens is 410 g/mol. The van der Waals surface area contributed by atoms with Gasteiger partial charge in [-0.2, -0.15) is 0 Å². The molecule has 0 unspecified atom stereocenters. The van der Waals surface area contributed by atoms with Crippen LogP contribution < -0.4 is 10.3 Å². The van der Waals surface area contributed by atoms with E-state index in [1.807, 2.05) is 42.7 Å². The molecule has 4 heterocycles. The number of amides is 1. The summed E-state index contributed by atoms with van der Waals surface area (Å²) in [5.74, 6) is -0.210. The maximum absolute atomic E-state index is 13.2. The molecule has 7 nitrogen and oxygen atoms in total. The van der Waals surface area contributed by atoms with Crippen LogP contribution in [-0.2, 0) is 6.54 Å². The number of benzene rings is 1. The van der Waals surface area contributed by atoms with Crippen molar-refractivity contribution in [3.63, 3.8) is 0 Å². The highest BCUT2D eigenvalue weighted by molar-refractivity contribution is 7.22. The minimum absolute atomic E-state index is 0.210. The number of fused-ring (bicyclic) bond motifs is 2. The van der Waals surface area contributed by atoms with E-state index in [1.165, 1.54) is 0 Å². The number of hydrogen-bond acceptors (Lipinski definition) is 6. The minimum atomic E-state index is -0.245. The lowest BCUT2D eigenvalue weighted by Gasteiger charge is -2.34. The fraction of sp³-hybridized carbons (Fsp3) is 0.304. The van der Waals surface area contributed by atoms with E-state index in [-0.39, 0.29) is 16.9 Å². The number of anilines is 1. The molecule has 158 valence electrons. The van der Waals surface area contributed by atoms with E-state index < -0.39 is 0 Å². The molecule has 8 heteroatoms. The van der Waals surface area contributed by atoms with Gasteiger partial charge in [0.2, 0.25) is 5.43 Å². The molecule has 1 aromatic carbocycles. The summed E-state index contributed by atoms with van der Waals surface area (Å²) in [6, 6.07) is 11.7. The first-order valence-electron chi connectivity index (χ1n) is 10.5. The van der Waals surface area contributed by atoms with E-state index in [0.717, 1.165) is 21.0 Å². The van der Waals surface area contributed by atoms with Gasteiger partial charge in [0.05, 0.1) is 15.6 Å². The first-order valence-corrected chi connectivity index (χ1v) is 11.3. The normalized spacial score (nSPS) is 14.5. The summed E-state index contributed by atoms with van der Waals surface area (Å²) in [7, 11) is 0. The molecule has 1 aliphatic heterocycles. The Bertz CT molecular complexity index is 1320. The number of carbonyl (C=O) groups excluding carboxylic acids is 1. The molecule has 0 spiro atoms. The lowest BCUT2D eigenvalue weighted by Crippen LogP contribution is -2.49. The fourth-order valence-electron chi connectivity index (χ4n) is 4.02. The molecule has 1 amide bonds. The SMILES string of the molecule is CCn1cc(C(=O)N2CCN(c3nc4ccccc4s3)CC2)c(=O)c2ccc(C)nc21. The summed E-state index contributed by atoms with van der Waals surface area (Å²) >= 11 is 1.67. The molecule has 0 N–H and O–H groups in total. The van der Waals surface area contributed by atoms with Crippen LogP contribution in [0.25, 0.3) is 21.3 Å². The van der Waals surface area contributed by atoms with Gasteiger partial charge in [-0.05, 0) is 38.1 Å². The molecule has 0 radical (unpaired) electrons. The van der Waals surface area contributed by atoms with Gasteiger partial charge in [-0.3, -0.25) is 9.59 Å². The molecule has 1 fully saturated rings. The molecule has 0 saturated carbocycles. The predicted octanol–water partition coefficient (Wildman–Crippen LogP) is 3.30. The Morgan fingerprint density at radius 3 is 2.58 bits per heavy atom. The highest BCUT2D eigenvalue weighted by Gasteiger charge is 2.26. The van der Waals surface area contributed by atoms with Crippen LogP contribution in [0.2, 0.25) is 0 Å². The second-order valence-corrected chi connectivity index (χ2v) is 8.73. The number of aryl methyl sites for hydroxylation is 2. The van der Waals surface area contributed by atoms with Gasteiger partial charge < -0.3 is 14.4 Å². The largest absolute Gasteiger partial charge is 0.345 e. The molecule has 0 atom stereocenters. The smallest absolute Gasteiger partial charge is 0.259 e. The van der Waals surface area contributed by atoms with Crippen molar-refractivity contribution in [1.82, 2.24) is 19.4 Å². The lowest BCUT2D eigenvalue weighted by molar-refractivity contribution is 0.0745. The summed E-state index contributed by atoms with van der Waals surface area (Å²) in [5, 5.41) is 1.47. The van der Waals surface area contributed by atoms with Crippen molar-refractivity contribution in [2.45, 2.75) is 20.4 Å². The Morgan fingerprint density at radius 2 is 1.84 bits per heavy atom. The minimum Gasteiger partial charge on any atom is -0.345 e. The Labute approximate surface area is 183 Å². The van der Waals surface area contributed by atoms with Crippen LogP contribution in [0, 0.1) is 6.92 Å². The highest BCUT2D eigenvalue weighted by Crippen LogP contribution is 2.29. The van der Waals surface area contributed by atoms with E-state index in [9.17, 15) is 9.59 Å². The second kappa shape index (κ2) is 7.77. The summed E-state index contributed by atoms with van der Waals surface area (Å²) in [6.45, 7) is 7.03. The molecule has 4 aromatic rings. The maximum atomic E-state index is 13.2. The quantitative estimate of drug-likeness (QED) is 0.496. The molecule has 1 saturated heterocycles. The third-order valence-corrected chi connectivity index (χ3v) is 6.85. The van der Waals surface area contributed by atoms with Crippen LogP contribution in [0.3, 0.4) is 0 Å². The molecule has 0 bridgehead atoms. The van der Waals surface area contributed by atoms with Crippen LogP contribution >= 0.6 is 11.3 Å². The summed E-state index contributed by atoms with van der Waals surface area (Å²) < 4.78 is 3.05. The van der Waals surface area contributed by atoms with Crippen LogP contribution in [0.5, 0.6) is 0 Å². The molecule has 5 rings (SSSR count). The Kier molecular flexibility index (Phi) is 4.94. The van der Waals surface area contributed by atoms with Gasteiger partial charge >= 0.3 is 0 Å². The predicted molar refractivity (Wildman–Crippen MR) is 124 cm³/mol. The lowest BCUT2D eigenvalue weighted by atomic mass is 10.1. The maximum Gasteiger partial charge on any atom is 0.259 e. The van der Waals surface area contributed by atoms with E-state index >= 15 is 0 Å². The Morgan fingerprint density at radius 1 is 1.06 bits per heavy atom. The van der Waals surface area contributed by atoms with E-state index in [0.29, 0.717) is 43.8 Å². The number of nitrogens with zero attached hydrogens (tertiary/aromatic N) is 5. The van der Waals surface area contributed by atoms with Gasteiger partial charge in [0.15, 0.2) is 5.13 Å². The van der Waals surface area contributed by atoms with Crippen molar-refractivity contribution in [2.75, 3.05) is 31.1 Å². The number of piperazine rings is 1. The second-order valence-electron chi connectivity index (χ2n) is 7.73. The molecule has 0 aliphatic carbocycles. The van der Waals surface area contributed by atoms with Crippen LogP contribution in [0.15, 0.2) is 47.4 Å². The number of para-hydroxylation sites is 1. The van der Waals surface area contributed by atoms with Crippen molar-refractivity contribution in [1.29, 1.82) is 0 Å². The zero-order valence-corrected chi connectivity index (χ0v) is 18.4. The van der Waals surface area contributed by atoms with Gasteiger partial charge in [-0.25, -0.2) is 9.97 Å². The first kappa shape index (κ1) is 19.7. The van der Waals surface area contributed by atoms with Crippen molar-refractivity contribution in [2.24, 2.45) is 0 Å². The number of aromatic nitrogens is 3. The van der Waals surface area contributed by atoms with Gasteiger partial charge in [-0.1, -0.05) is 23.5 Å². The van der Waals surface area contributed by atoms with Gasteiger partial charge in [0.1, 0.15) is 11.2 Å². The third kappa shape index (κ3) is 3.46. The van der Waals surface area contributed by atoms with Crippen LogP contribution in [0.1, 0.15) is 23.0 Å². The zero-order chi connectivity index (χ0) is 21.5. The average Bonchev–Trinajstić information content (AvgIpc) is 3.23. The number of pyridine rings is 2. The summed E-state index contributed by atoms with van der Waals surface area (Å²) in [5.41, 5.74) is 2.45. The number of carbonyl (C=O) groups is 1. The van der Waals surface area contributed by atoms with Crippen LogP contribution in [-0.4, -0.2) is 51.5 Å². The van der Waals surface area contributed by atoms with Gasteiger partial charge in [0, 0.05) is 44.6 Å². The highest BCUT2D eigenvalue weighted by atomic mass is 32.1. The van der Waals surface area contributed by atoms with Crippen molar-refractivity contribution in [3.05, 3.63) is 64.1 Å². The van der Waals surface area contributed by atoms with Crippen molar-refractivity contribution in [3.8, 4) is 0 Å². The van der Waals surface area contributed by atoms with Gasteiger partial charge in [-0.15, -0.1) is 0 Å². The molecule has 31 heavy (non-hydrogen) atoms. The molecular formula is C23H23N5O2S. The summed E-state index contributed by atoms with van der Waals surface area (Å²) in [4.78, 5) is 39.5. The van der Waals surface area contributed by atoms with Crippen molar-refractivity contribution >= 4 is 43.6 Å². The number of hydrogen-bond donors (Lipinski definition) is 0. The van der Waals surface area contributed by atoms with Gasteiger partial charge in [0.25, 0.3) is 5.91 Å².